The lowest BCUT2D eigenvalue weighted by Crippen LogP contribution is -2.25. The van der Waals surface area contributed by atoms with Crippen LogP contribution in [-0.2, 0) is 23.5 Å². The summed E-state index contributed by atoms with van der Waals surface area (Å²) in [5, 5.41) is 3.19. The molecule has 3 aromatic rings. The van der Waals surface area contributed by atoms with E-state index in [2.05, 4.69) is 20.3 Å². The van der Waals surface area contributed by atoms with E-state index in [1.54, 1.807) is 30.6 Å². The molecule has 6 nitrogen and oxygen atoms in total. The molecule has 138 valence electrons. The van der Waals surface area contributed by atoms with E-state index in [9.17, 15) is 14.0 Å². The monoisotopic (exact) mass is 384 g/mol. The number of carbonyl (C=O) groups is 1. The maximum absolute atomic E-state index is 12.9. The summed E-state index contributed by atoms with van der Waals surface area (Å²) >= 11 is 1.32. The minimum atomic E-state index is -0.318. The number of hydrogen-bond acceptors (Lipinski definition) is 5. The normalized spacial score (nSPS) is 10.6. The predicted molar refractivity (Wildman–Crippen MR) is 101 cm³/mol. The van der Waals surface area contributed by atoms with E-state index in [1.807, 2.05) is 6.07 Å². The van der Waals surface area contributed by atoms with Crippen molar-refractivity contribution in [1.29, 1.82) is 0 Å². The van der Waals surface area contributed by atoms with Crippen LogP contribution in [0.1, 0.15) is 16.8 Å². The van der Waals surface area contributed by atoms with Gasteiger partial charge in [0.1, 0.15) is 5.82 Å². The fourth-order valence-corrected chi connectivity index (χ4v) is 3.16. The number of rotatable bonds is 7. The minimum absolute atomic E-state index is 0.00822. The zero-order valence-corrected chi connectivity index (χ0v) is 15.1. The molecule has 2 N–H and O–H groups in total. The van der Waals surface area contributed by atoms with Crippen molar-refractivity contribution in [3.05, 3.63) is 87.9 Å². The first kappa shape index (κ1) is 18.8. The van der Waals surface area contributed by atoms with Gasteiger partial charge in [-0.1, -0.05) is 30.0 Å². The van der Waals surface area contributed by atoms with Gasteiger partial charge in [-0.2, -0.15) is 0 Å². The molecule has 0 fully saturated rings. The van der Waals surface area contributed by atoms with Crippen molar-refractivity contribution >= 4 is 17.7 Å². The average Bonchev–Trinajstić information content (AvgIpc) is 2.66. The molecule has 0 saturated heterocycles. The smallest absolute Gasteiger partial charge is 0.251 e. The molecule has 8 heteroatoms. The Morgan fingerprint density at radius 3 is 2.74 bits per heavy atom. The number of aromatic amines is 1. The molecule has 0 saturated carbocycles. The number of carbonyl (C=O) groups excluding carboxylic acids is 1. The molecule has 0 aliphatic carbocycles. The second-order valence-corrected chi connectivity index (χ2v) is 6.74. The summed E-state index contributed by atoms with van der Waals surface area (Å²) in [7, 11) is 0. The lowest BCUT2D eigenvalue weighted by molar-refractivity contribution is -0.120. The van der Waals surface area contributed by atoms with Crippen LogP contribution in [-0.4, -0.2) is 20.9 Å². The summed E-state index contributed by atoms with van der Waals surface area (Å²) in [4.78, 5) is 34.9. The highest BCUT2D eigenvalue weighted by Gasteiger charge is 2.08. The van der Waals surface area contributed by atoms with Gasteiger partial charge in [0.2, 0.25) is 5.91 Å². The molecule has 0 unspecified atom stereocenters. The maximum atomic E-state index is 12.9. The average molecular weight is 384 g/mol. The Bertz CT molecular complexity index is 961. The number of benzene rings is 1. The third-order valence-electron chi connectivity index (χ3n) is 3.62. The second-order valence-electron chi connectivity index (χ2n) is 5.77. The third-order valence-corrected chi connectivity index (χ3v) is 4.56. The molecule has 3 rings (SSSR count). The third kappa shape index (κ3) is 6.03. The van der Waals surface area contributed by atoms with E-state index in [-0.39, 0.29) is 23.7 Å². The molecule has 1 amide bonds. The molecule has 0 bridgehead atoms. The molecule has 0 aliphatic rings. The largest absolute Gasteiger partial charge is 0.352 e. The second kappa shape index (κ2) is 9.09. The van der Waals surface area contributed by atoms with Crippen LogP contribution in [0.15, 0.2) is 64.8 Å². The van der Waals surface area contributed by atoms with Crippen molar-refractivity contribution in [3.63, 3.8) is 0 Å². The van der Waals surface area contributed by atoms with Crippen LogP contribution >= 0.6 is 11.8 Å². The van der Waals surface area contributed by atoms with Crippen LogP contribution in [0.25, 0.3) is 0 Å². The number of amides is 1. The summed E-state index contributed by atoms with van der Waals surface area (Å²) in [6, 6.07) is 11.1. The van der Waals surface area contributed by atoms with Crippen molar-refractivity contribution in [2.24, 2.45) is 0 Å². The van der Waals surface area contributed by atoms with Crippen molar-refractivity contribution in [1.82, 2.24) is 20.3 Å². The Labute approximate surface area is 159 Å². The van der Waals surface area contributed by atoms with Gasteiger partial charge in [0, 0.05) is 30.8 Å². The summed E-state index contributed by atoms with van der Waals surface area (Å²) in [5.74, 6) is 0.000816. The predicted octanol–water partition coefficient (Wildman–Crippen LogP) is 2.46. The van der Waals surface area contributed by atoms with E-state index in [1.165, 1.54) is 30.0 Å². The Morgan fingerprint density at radius 2 is 2.00 bits per heavy atom. The molecular formula is C19H17FN4O2S. The number of pyridine rings is 1. The molecule has 27 heavy (non-hydrogen) atoms. The van der Waals surface area contributed by atoms with Crippen LogP contribution in [0.2, 0.25) is 0 Å². The lowest BCUT2D eigenvalue weighted by Gasteiger charge is -2.06. The highest BCUT2D eigenvalue weighted by Crippen LogP contribution is 2.18. The van der Waals surface area contributed by atoms with Gasteiger partial charge in [-0.25, -0.2) is 9.37 Å². The summed E-state index contributed by atoms with van der Waals surface area (Å²) < 4.78 is 12.9. The van der Waals surface area contributed by atoms with Crippen LogP contribution in [0.3, 0.4) is 0 Å². The number of H-pyrrole nitrogens is 1. The number of thioether (sulfide) groups is 1. The van der Waals surface area contributed by atoms with E-state index in [4.69, 9.17) is 0 Å². The lowest BCUT2D eigenvalue weighted by atomic mass is 10.2. The van der Waals surface area contributed by atoms with E-state index in [0.29, 0.717) is 23.1 Å². The topological polar surface area (TPSA) is 87.7 Å². The summed E-state index contributed by atoms with van der Waals surface area (Å²) in [5.41, 5.74) is 1.87. The first-order valence-corrected chi connectivity index (χ1v) is 9.20. The number of hydrogen-bond donors (Lipinski definition) is 2. The minimum Gasteiger partial charge on any atom is -0.352 e. The van der Waals surface area contributed by atoms with Crippen LogP contribution in [0.5, 0.6) is 0 Å². The van der Waals surface area contributed by atoms with Gasteiger partial charge in [0.25, 0.3) is 5.56 Å². The first-order valence-electron chi connectivity index (χ1n) is 8.21. The molecule has 1 aromatic carbocycles. The van der Waals surface area contributed by atoms with Crippen LogP contribution in [0, 0.1) is 5.82 Å². The van der Waals surface area contributed by atoms with Crippen LogP contribution < -0.4 is 10.9 Å². The molecule has 0 spiro atoms. The zero-order valence-electron chi connectivity index (χ0n) is 14.3. The fourth-order valence-electron chi connectivity index (χ4n) is 2.31. The molecular weight excluding hydrogens is 367 g/mol. The van der Waals surface area contributed by atoms with Crippen LogP contribution in [0.4, 0.5) is 4.39 Å². The van der Waals surface area contributed by atoms with Crippen molar-refractivity contribution in [2.75, 3.05) is 0 Å². The molecule has 0 radical (unpaired) electrons. The summed E-state index contributed by atoms with van der Waals surface area (Å²) in [6.45, 7) is 0.363. The Balaban J connectivity index is 1.58. The maximum Gasteiger partial charge on any atom is 0.251 e. The SMILES string of the molecule is O=C(Cc1cc(=O)[nH]c(SCc2ccc(F)cc2)n1)NCc1cccnc1. The highest BCUT2D eigenvalue weighted by atomic mass is 32.2. The van der Waals surface area contributed by atoms with Gasteiger partial charge in [0.15, 0.2) is 5.16 Å². The number of halogens is 1. The van der Waals surface area contributed by atoms with Gasteiger partial charge in [-0.05, 0) is 29.3 Å². The number of aromatic nitrogens is 3. The number of nitrogens with zero attached hydrogens (tertiary/aromatic N) is 2. The van der Waals surface area contributed by atoms with Crippen molar-refractivity contribution < 1.29 is 9.18 Å². The van der Waals surface area contributed by atoms with E-state index in [0.717, 1.165) is 11.1 Å². The van der Waals surface area contributed by atoms with Gasteiger partial charge < -0.3 is 10.3 Å². The molecule has 0 atom stereocenters. The molecule has 2 heterocycles. The quantitative estimate of drug-likeness (QED) is 0.483. The highest BCUT2D eigenvalue weighted by molar-refractivity contribution is 7.98. The number of nitrogens with one attached hydrogen (secondary N) is 2. The van der Waals surface area contributed by atoms with Gasteiger partial charge in [0.05, 0.1) is 12.1 Å². The first-order chi connectivity index (χ1) is 13.1. The van der Waals surface area contributed by atoms with Gasteiger partial charge in [-0.3, -0.25) is 14.6 Å². The van der Waals surface area contributed by atoms with E-state index >= 15 is 0 Å². The molecule has 2 aromatic heterocycles. The standard InChI is InChI=1S/C19H17FN4O2S/c20-15-5-3-13(4-6-15)12-27-19-23-16(9-18(26)24-19)8-17(25)22-11-14-2-1-7-21-10-14/h1-7,9-10H,8,11-12H2,(H,22,25)(H,23,24,26). The van der Waals surface area contributed by atoms with E-state index < -0.39 is 0 Å². The summed E-state index contributed by atoms with van der Waals surface area (Å²) in [6.07, 6.45) is 3.35. The van der Waals surface area contributed by atoms with Crippen molar-refractivity contribution in [3.8, 4) is 0 Å². The zero-order chi connectivity index (χ0) is 19.1. The van der Waals surface area contributed by atoms with Crippen molar-refractivity contribution in [2.45, 2.75) is 23.9 Å². The Kier molecular flexibility index (Phi) is 6.32. The van der Waals surface area contributed by atoms with Gasteiger partial charge >= 0.3 is 0 Å². The molecule has 0 aliphatic heterocycles. The Hall–Kier alpha value is -3.00. The fraction of sp³-hybridized carbons (Fsp3) is 0.158. The van der Waals surface area contributed by atoms with Gasteiger partial charge in [-0.15, -0.1) is 0 Å². The Morgan fingerprint density at radius 1 is 1.19 bits per heavy atom.